The Morgan fingerprint density at radius 1 is 0.923 bits per heavy atom. The first kappa shape index (κ1) is 19.0. The number of hydrogen-bond donors (Lipinski definition) is 2. The lowest BCUT2D eigenvalue weighted by Crippen LogP contribution is -2.66. The van der Waals surface area contributed by atoms with Crippen LogP contribution >= 0.6 is 0 Å². The highest BCUT2D eigenvalue weighted by atomic mass is 28.4. The standard InChI is InChI=1S/C22H28O3Si/c1-22(2,3)26(18-10-6-4-7-11-18,19-12-8-5-9-13-19)25-16-17-14-20(23)21(24)15-17/h4-14,20-21,23-24H,15-16H2,1-3H3/t20-,21?/m0/s1. The monoisotopic (exact) mass is 368 g/mol. The molecule has 0 spiro atoms. The first-order chi connectivity index (χ1) is 12.3. The number of aliphatic hydroxyl groups excluding tert-OH is 2. The van der Waals surface area contributed by atoms with Crippen molar-refractivity contribution in [2.45, 2.75) is 44.4 Å². The Hall–Kier alpha value is -1.72. The van der Waals surface area contributed by atoms with Crippen LogP contribution in [0.3, 0.4) is 0 Å². The fourth-order valence-electron chi connectivity index (χ4n) is 3.88. The molecule has 0 saturated carbocycles. The van der Waals surface area contributed by atoms with E-state index in [1.807, 2.05) is 12.1 Å². The van der Waals surface area contributed by atoms with Crippen molar-refractivity contribution in [1.29, 1.82) is 0 Å². The third kappa shape index (κ3) is 3.55. The molecule has 2 aromatic rings. The summed E-state index contributed by atoms with van der Waals surface area (Å²) < 4.78 is 6.80. The molecule has 0 saturated heterocycles. The van der Waals surface area contributed by atoms with Crippen LogP contribution in [0.4, 0.5) is 0 Å². The lowest BCUT2D eigenvalue weighted by atomic mass is 10.2. The molecule has 138 valence electrons. The Balaban J connectivity index is 2.05. The topological polar surface area (TPSA) is 49.7 Å². The Morgan fingerprint density at radius 2 is 1.42 bits per heavy atom. The van der Waals surface area contributed by atoms with Crippen LogP contribution in [0.15, 0.2) is 72.3 Å². The predicted molar refractivity (Wildman–Crippen MR) is 108 cm³/mol. The zero-order valence-corrected chi connectivity index (χ0v) is 16.7. The van der Waals surface area contributed by atoms with Gasteiger partial charge >= 0.3 is 0 Å². The maximum Gasteiger partial charge on any atom is 0.261 e. The van der Waals surface area contributed by atoms with Crippen LogP contribution < -0.4 is 10.4 Å². The highest BCUT2D eigenvalue weighted by Crippen LogP contribution is 2.37. The van der Waals surface area contributed by atoms with E-state index in [0.29, 0.717) is 13.0 Å². The van der Waals surface area contributed by atoms with Gasteiger partial charge in [-0.05, 0) is 27.4 Å². The predicted octanol–water partition coefficient (Wildman–Crippen LogP) is 2.61. The fourth-order valence-corrected chi connectivity index (χ4v) is 8.44. The first-order valence-corrected chi connectivity index (χ1v) is 11.1. The van der Waals surface area contributed by atoms with Crippen molar-refractivity contribution in [3.63, 3.8) is 0 Å². The second kappa shape index (κ2) is 7.49. The van der Waals surface area contributed by atoms with Crippen molar-refractivity contribution < 1.29 is 14.6 Å². The number of aliphatic hydroxyl groups is 2. The summed E-state index contributed by atoms with van der Waals surface area (Å²) in [6.45, 7) is 7.16. The third-order valence-electron chi connectivity index (χ3n) is 5.16. The van der Waals surface area contributed by atoms with Crippen molar-refractivity contribution in [3.05, 3.63) is 72.3 Å². The minimum absolute atomic E-state index is 0.0773. The average Bonchev–Trinajstić information content (AvgIpc) is 2.94. The van der Waals surface area contributed by atoms with Crippen molar-refractivity contribution in [3.8, 4) is 0 Å². The van der Waals surface area contributed by atoms with E-state index in [9.17, 15) is 10.2 Å². The van der Waals surface area contributed by atoms with Gasteiger partial charge in [-0.15, -0.1) is 0 Å². The molecular weight excluding hydrogens is 340 g/mol. The smallest absolute Gasteiger partial charge is 0.261 e. The highest BCUT2D eigenvalue weighted by Gasteiger charge is 2.50. The van der Waals surface area contributed by atoms with Crippen LogP contribution in [0.2, 0.25) is 5.04 Å². The van der Waals surface area contributed by atoms with Gasteiger partial charge in [0.2, 0.25) is 0 Å². The minimum atomic E-state index is -2.56. The Morgan fingerprint density at radius 3 is 1.81 bits per heavy atom. The van der Waals surface area contributed by atoms with Gasteiger partial charge in [-0.25, -0.2) is 0 Å². The van der Waals surface area contributed by atoms with E-state index in [-0.39, 0.29) is 5.04 Å². The van der Waals surface area contributed by atoms with Crippen molar-refractivity contribution in [1.82, 2.24) is 0 Å². The van der Waals surface area contributed by atoms with E-state index in [2.05, 4.69) is 69.3 Å². The molecule has 0 amide bonds. The molecule has 4 heteroatoms. The van der Waals surface area contributed by atoms with Crippen LogP contribution in [0.25, 0.3) is 0 Å². The van der Waals surface area contributed by atoms with Crippen molar-refractivity contribution in [2.24, 2.45) is 0 Å². The van der Waals surface area contributed by atoms with Gasteiger partial charge in [-0.3, -0.25) is 0 Å². The molecule has 3 rings (SSSR count). The van der Waals surface area contributed by atoms with Crippen molar-refractivity contribution >= 4 is 18.7 Å². The van der Waals surface area contributed by atoms with Gasteiger partial charge in [0, 0.05) is 0 Å². The molecule has 0 heterocycles. The van der Waals surface area contributed by atoms with Gasteiger partial charge in [0.05, 0.1) is 18.8 Å². The largest absolute Gasteiger partial charge is 0.403 e. The fraction of sp³-hybridized carbons (Fsp3) is 0.364. The van der Waals surface area contributed by atoms with E-state index >= 15 is 0 Å². The van der Waals surface area contributed by atoms with Gasteiger partial charge in [-0.2, -0.15) is 0 Å². The molecule has 3 nitrogen and oxygen atoms in total. The quantitative estimate of drug-likeness (QED) is 0.630. The Kier molecular flexibility index (Phi) is 5.49. The van der Waals surface area contributed by atoms with E-state index in [1.165, 1.54) is 10.4 Å². The minimum Gasteiger partial charge on any atom is -0.403 e. The maximum atomic E-state index is 9.85. The zero-order valence-electron chi connectivity index (χ0n) is 15.7. The second-order valence-corrected chi connectivity index (χ2v) is 12.3. The summed E-state index contributed by atoms with van der Waals surface area (Å²) in [4.78, 5) is 0. The molecule has 2 N–H and O–H groups in total. The van der Waals surface area contributed by atoms with Gasteiger partial charge in [0.1, 0.15) is 0 Å². The van der Waals surface area contributed by atoms with E-state index in [4.69, 9.17) is 4.43 Å². The van der Waals surface area contributed by atoms with Crippen molar-refractivity contribution in [2.75, 3.05) is 6.61 Å². The SMILES string of the molecule is CC(C)(C)[Si](OCC1=C[C@H](O)C(O)C1)(c1ccccc1)c1ccccc1. The molecule has 26 heavy (non-hydrogen) atoms. The maximum absolute atomic E-state index is 9.85. The van der Waals surface area contributed by atoms with Gasteiger partial charge in [0.15, 0.2) is 0 Å². The van der Waals surface area contributed by atoms with Gasteiger partial charge in [0.25, 0.3) is 8.32 Å². The normalized spacial score (nSPS) is 20.9. The van der Waals surface area contributed by atoms with Gasteiger partial charge < -0.3 is 14.6 Å². The first-order valence-electron chi connectivity index (χ1n) is 9.15. The summed E-state index contributed by atoms with van der Waals surface area (Å²) in [5.74, 6) is 0. The van der Waals surface area contributed by atoms with E-state index < -0.39 is 20.5 Å². The van der Waals surface area contributed by atoms with Crippen LogP contribution in [0, 0.1) is 0 Å². The summed E-state index contributed by atoms with van der Waals surface area (Å²) in [5.41, 5.74) is 0.970. The summed E-state index contributed by atoms with van der Waals surface area (Å²) in [5, 5.41) is 22.1. The third-order valence-corrected chi connectivity index (χ3v) is 10.1. The van der Waals surface area contributed by atoms with Crippen LogP contribution in [-0.2, 0) is 4.43 Å². The van der Waals surface area contributed by atoms with E-state index in [0.717, 1.165) is 5.57 Å². The molecule has 0 aromatic heterocycles. The molecule has 0 fully saturated rings. The molecule has 0 aliphatic heterocycles. The van der Waals surface area contributed by atoms with Crippen LogP contribution in [0.1, 0.15) is 27.2 Å². The Bertz CT molecular complexity index is 710. The molecule has 2 aromatic carbocycles. The summed E-state index contributed by atoms with van der Waals surface area (Å²) in [7, 11) is -2.56. The molecule has 1 unspecified atom stereocenters. The van der Waals surface area contributed by atoms with Crippen LogP contribution in [-0.4, -0.2) is 37.3 Å². The Labute approximate surface area is 157 Å². The molecule has 2 atom stereocenters. The van der Waals surface area contributed by atoms with Gasteiger partial charge in [-0.1, -0.05) is 87.5 Å². The molecule has 1 aliphatic rings. The number of benzene rings is 2. The number of hydrogen-bond acceptors (Lipinski definition) is 3. The summed E-state index contributed by atoms with van der Waals surface area (Å²) >= 11 is 0. The lowest BCUT2D eigenvalue weighted by molar-refractivity contribution is 0.0601. The summed E-state index contributed by atoms with van der Waals surface area (Å²) in [6.07, 6.45) is 0.711. The highest BCUT2D eigenvalue weighted by molar-refractivity contribution is 6.99. The van der Waals surface area contributed by atoms with Crippen LogP contribution in [0.5, 0.6) is 0 Å². The average molecular weight is 369 g/mol. The summed E-state index contributed by atoms with van der Waals surface area (Å²) in [6, 6.07) is 21.0. The molecule has 1 aliphatic carbocycles. The molecule has 0 bridgehead atoms. The van der Waals surface area contributed by atoms with E-state index in [1.54, 1.807) is 6.08 Å². The zero-order chi connectivity index (χ0) is 18.8. The molecule has 0 radical (unpaired) electrons. The molecular formula is C22H28O3Si. The second-order valence-electron chi connectivity index (χ2n) is 8.04. The number of rotatable bonds is 5. The lowest BCUT2D eigenvalue weighted by Gasteiger charge is -2.43.